The lowest BCUT2D eigenvalue weighted by molar-refractivity contribution is 0.167. The number of hydrogen-bond donors (Lipinski definition) is 1. The maximum absolute atomic E-state index is 6.06. The first-order chi connectivity index (χ1) is 9.20. The molecule has 0 radical (unpaired) electrons. The van der Waals surface area contributed by atoms with Crippen LogP contribution in [0.2, 0.25) is 10.0 Å². The van der Waals surface area contributed by atoms with E-state index in [0.717, 1.165) is 19.6 Å². The van der Waals surface area contributed by atoms with Crippen LogP contribution >= 0.6 is 35.6 Å². The van der Waals surface area contributed by atoms with Crippen LogP contribution in [0.15, 0.2) is 18.2 Å². The Balaban J connectivity index is 0.00000200. The van der Waals surface area contributed by atoms with Crippen molar-refractivity contribution in [2.75, 3.05) is 33.3 Å². The van der Waals surface area contributed by atoms with Crippen LogP contribution in [0, 0.1) is 0 Å². The molecule has 0 unspecified atom stereocenters. The Morgan fingerprint density at radius 2 is 1.85 bits per heavy atom. The molecule has 1 aromatic rings. The predicted octanol–water partition coefficient (Wildman–Crippen LogP) is 3.48. The summed E-state index contributed by atoms with van der Waals surface area (Å²) in [5, 5.41) is 4.47. The standard InChI is InChI=1S/C14H20Cl2N2O.ClH/c1-17-11-5-7-18(8-6-11)9-10-19-14-12(15)3-2-4-13(14)16;/h2-4,11,17H,5-10H2,1H3;1H. The molecule has 1 N–H and O–H groups in total. The third-order valence-electron chi connectivity index (χ3n) is 3.57. The van der Waals surface area contributed by atoms with E-state index in [0.29, 0.717) is 28.4 Å². The number of likely N-dealkylation sites (tertiary alicyclic amines) is 1. The zero-order chi connectivity index (χ0) is 13.7. The van der Waals surface area contributed by atoms with Gasteiger partial charge in [0.15, 0.2) is 5.75 Å². The number of rotatable bonds is 5. The second-order valence-electron chi connectivity index (χ2n) is 4.80. The van der Waals surface area contributed by atoms with Gasteiger partial charge >= 0.3 is 0 Å². The zero-order valence-corrected chi connectivity index (χ0v) is 13.9. The highest BCUT2D eigenvalue weighted by atomic mass is 35.5. The maximum atomic E-state index is 6.06. The van der Waals surface area contributed by atoms with Crippen molar-refractivity contribution >= 4 is 35.6 Å². The lowest BCUT2D eigenvalue weighted by atomic mass is 10.1. The van der Waals surface area contributed by atoms with Gasteiger partial charge in [-0.05, 0) is 45.1 Å². The first-order valence-corrected chi connectivity index (χ1v) is 7.42. The van der Waals surface area contributed by atoms with Gasteiger partial charge in [-0.2, -0.15) is 0 Å². The minimum atomic E-state index is 0. The molecule has 0 saturated carbocycles. The van der Waals surface area contributed by atoms with Gasteiger partial charge in [0.2, 0.25) is 0 Å². The number of benzene rings is 1. The van der Waals surface area contributed by atoms with E-state index in [2.05, 4.69) is 10.2 Å². The lowest BCUT2D eigenvalue weighted by Crippen LogP contribution is -2.42. The summed E-state index contributed by atoms with van der Waals surface area (Å²) in [7, 11) is 2.03. The molecule has 2 rings (SSSR count). The van der Waals surface area contributed by atoms with Crippen molar-refractivity contribution in [1.82, 2.24) is 10.2 Å². The molecule has 0 aliphatic carbocycles. The maximum Gasteiger partial charge on any atom is 0.156 e. The SMILES string of the molecule is CNC1CCN(CCOc2c(Cl)cccc2Cl)CC1.Cl. The molecule has 1 aromatic carbocycles. The van der Waals surface area contributed by atoms with Gasteiger partial charge in [-0.15, -0.1) is 12.4 Å². The fourth-order valence-electron chi connectivity index (χ4n) is 2.34. The predicted molar refractivity (Wildman–Crippen MR) is 87.7 cm³/mol. The molecule has 0 aromatic heterocycles. The van der Waals surface area contributed by atoms with Crippen LogP contribution in [0.25, 0.3) is 0 Å². The average Bonchev–Trinajstić information content (AvgIpc) is 2.43. The van der Waals surface area contributed by atoms with Gasteiger partial charge in [0.05, 0.1) is 10.0 Å². The van der Waals surface area contributed by atoms with Crippen molar-refractivity contribution in [3.63, 3.8) is 0 Å². The Labute approximate surface area is 137 Å². The third kappa shape index (κ3) is 4.97. The topological polar surface area (TPSA) is 24.5 Å². The normalized spacial score (nSPS) is 16.8. The first kappa shape index (κ1) is 17.9. The summed E-state index contributed by atoms with van der Waals surface area (Å²) in [6, 6.07) is 6.07. The molecule has 0 spiro atoms. The molecule has 114 valence electrons. The van der Waals surface area contributed by atoms with E-state index in [1.807, 2.05) is 13.1 Å². The van der Waals surface area contributed by atoms with Gasteiger partial charge in [-0.1, -0.05) is 29.3 Å². The van der Waals surface area contributed by atoms with Crippen LogP contribution in [-0.2, 0) is 0 Å². The number of piperidine rings is 1. The summed E-state index contributed by atoms with van der Waals surface area (Å²) in [5.41, 5.74) is 0. The molecule has 20 heavy (non-hydrogen) atoms. The molecule has 1 aliphatic heterocycles. The van der Waals surface area contributed by atoms with Crippen LogP contribution in [0.3, 0.4) is 0 Å². The number of nitrogens with one attached hydrogen (secondary N) is 1. The minimum Gasteiger partial charge on any atom is -0.489 e. The molecule has 1 saturated heterocycles. The number of nitrogens with zero attached hydrogens (tertiary/aromatic N) is 1. The summed E-state index contributed by atoms with van der Waals surface area (Å²) < 4.78 is 5.70. The van der Waals surface area contributed by atoms with Crippen molar-refractivity contribution in [3.8, 4) is 5.75 Å². The molecule has 0 bridgehead atoms. The fraction of sp³-hybridized carbons (Fsp3) is 0.571. The highest BCUT2D eigenvalue weighted by Crippen LogP contribution is 2.32. The van der Waals surface area contributed by atoms with Crippen LogP contribution in [-0.4, -0.2) is 44.2 Å². The minimum absolute atomic E-state index is 0. The Morgan fingerprint density at radius 3 is 2.40 bits per heavy atom. The molecule has 0 atom stereocenters. The third-order valence-corrected chi connectivity index (χ3v) is 4.16. The van der Waals surface area contributed by atoms with E-state index in [-0.39, 0.29) is 12.4 Å². The van der Waals surface area contributed by atoms with E-state index in [1.54, 1.807) is 12.1 Å². The van der Waals surface area contributed by atoms with Gasteiger partial charge in [-0.25, -0.2) is 0 Å². The van der Waals surface area contributed by atoms with E-state index in [1.165, 1.54) is 12.8 Å². The Morgan fingerprint density at radius 1 is 1.25 bits per heavy atom. The Hall–Kier alpha value is -0.190. The van der Waals surface area contributed by atoms with Gasteiger partial charge in [0.1, 0.15) is 6.61 Å². The molecule has 1 heterocycles. The molecule has 1 aliphatic rings. The van der Waals surface area contributed by atoms with Crippen LogP contribution < -0.4 is 10.1 Å². The van der Waals surface area contributed by atoms with Crippen LogP contribution in [0.4, 0.5) is 0 Å². The van der Waals surface area contributed by atoms with Crippen molar-refractivity contribution in [1.29, 1.82) is 0 Å². The number of halogens is 3. The Bertz CT molecular complexity index is 389. The molecule has 1 fully saturated rings. The van der Waals surface area contributed by atoms with Crippen molar-refractivity contribution in [2.24, 2.45) is 0 Å². The molecular weight excluding hydrogens is 319 g/mol. The number of ether oxygens (including phenoxy) is 1. The van der Waals surface area contributed by atoms with E-state index >= 15 is 0 Å². The zero-order valence-electron chi connectivity index (χ0n) is 11.6. The smallest absolute Gasteiger partial charge is 0.156 e. The van der Waals surface area contributed by atoms with Gasteiger partial charge in [0.25, 0.3) is 0 Å². The second kappa shape index (κ2) is 8.96. The largest absolute Gasteiger partial charge is 0.489 e. The van der Waals surface area contributed by atoms with Gasteiger partial charge < -0.3 is 10.1 Å². The van der Waals surface area contributed by atoms with Crippen molar-refractivity contribution in [2.45, 2.75) is 18.9 Å². The van der Waals surface area contributed by atoms with E-state index in [4.69, 9.17) is 27.9 Å². The molecule has 3 nitrogen and oxygen atoms in total. The van der Waals surface area contributed by atoms with Gasteiger partial charge in [0, 0.05) is 12.6 Å². The van der Waals surface area contributed by atoms with Crippen molar-refractivity contribution in [3.05, 3.63) is 28.2 Å². The fourth-order valence-corrected chi connectivity index (χ4v) is 2.85. The van der Waals surface area contributed by atoms with E-state index < -0.39 is 0 Å². The molecular formula is C14H21Cl3N2O. The lowest BCUT2D eigenvalue weighted by Gasteiger charge is -2.31. The summed E-state index contributed by atoms with van der Waals surface area (Å²) >= 11 is 12.1. The highest BCUT2D eigenvalue weighted by Gasteiger charge is 2.17. The molecule has 6 heteroatoms. The average molecular weight is 340 g/mol. The van der Waals surface area contributed by atoms with E-state index in [9.17, 15) is 0 Å². The first-order valence-electron chi connectivity index (χ1n) is 6.67. The van der Waals surface area contributed by atoms with Gasteiger partial charge in [-0.3, -0.25) is 4.90 Å². The quantitative estimate of drug-likeness (QED) is 0.889. The summed E-state index contributed by atoms with van der Waals surface area (Å²) in [6.07, 6.45) is 2.40. The summed E-state index contributed by atoms with van der Waals surface area (Å²) in [6.45, 7) is 3.77. The van der Waals surface area contributed by atoms with Crippen LogP contribution in [0.1, 0.15) is 12.8 Å². The number of para-hydroxylation sites is 1. The summed E-state index contributed by atoms with van der Waals surface area (Å²) in [5.74, 6) is 0.593. The monoisotopic (exact) mass is 338 g/mol. The van der Waals surface area contributed by atoms with Crippen molar-refractivity contribution < 1.29 is 4.74 Å². The van der Waals surface area contributed by atoms with Crippen LogP contribution in [0.5, 0.6) is 5.75 Å². The summed E-state index contributed by atoms with van der Waals surface area (Å²) in [4.78, 5) is 2.42. The second-order valence-corrected chi connectivity index (χ2v) is 5.62. The number of hydrogen-bond acceptors (Lipinski definition) is 3. The Kier molecular flexibility index (Phi) is 8.00. The highest BCUT2D eigenvalue weighted by molar-refractivity contribution is 6.37. The molecule has 0 amide bonds.